The predicted octanol–water partition coefficient (Wildman–Crippen LogP) is 1.88. The van der Waals surface area contributed by atoms with Gasteiger partial charge in [-0.05, 0) is 13.5 Å². The molecular formula is C12H16ClNO3. The van der Waals surface area contributed by atoms with Crippen molar-refractivity contribution in [1.29, 1.82) is 0 Å². The van der Waals surface area contributed by atoms with Gasteiger partial charge in [0, 0.05) is 23.7 Å². The van der Waals surface area contributed by atoms with E-state index in [1.54, 1.807) is 13.1 Å². The maximum atomic E-state index is 10.1. The molecule has 1 aromatic carbocycles. The average molecular weight is 258 g/mol. The first-order valence-electron chi connectivity index (χ1n) is 5.62. The van der Waals surface area contributed by atoms with Gasteiger partial charge in [-0.3, -0.25) is 0 Å². The van der Waals surface area contributed by atoms with E-state index >= 15 is 0 Å². The molecule has 1 unspecified atom stereocenters. The monoisotopic (exact) mass is 257 g/mol. The molecule has 4 nitrogen and oxygen atoms in total. The van der Waals surface area contributed by atoms with E-state index in [9.17, 15) is 5.11 Å². The number of benzene rings is 1. The summed E-state index contributed by atoms with van der Waals surface area (Å²) in [6.45, 7) is 2.67. The molecule has 0 saturated carbocycles. The van der Waals surface area contributed by atoms with Crippen LogP contribution in [0.5, 0.6) is 11.5 Å². The van der Waals surface area contributed by atoms with Crippen LogP contribution >= 0.6 is 11.6 Å². The third-order valence-electron chi connectivity index (χ3n) is 2.84. The second-order valence-corrected chi connectivity index (χ2v) is 4.32. The molecule has 0 saturated heterocycles. The summed E-state index contributed by atoms with van der Waals surface area (Å²) in [5, 5.41) is 13.6. The number of likely N-dealkylation sites (N-methyl/N-ethyl adjacent to an activating group) is 1. The van der Waals surface area contributed by atoms with Gasteiger partial charge in [-0.1, -0.05) is 18.5 Å². The zero-order chi connectivity index (χ0) is 12.4. The number of halogens is 1. The molecule has 2 N–H and O–H groups in total. The molecule has 1 aliphatic heterocycles. The van der Waals surface area contributed by atoms with Gasteiger partial charge < -0.3 is 19.9 Å². The molecule has 1 aliphatic rings. The standard InChI is InChI=1S/C12H16ClNO3/c1-3-7-11(9(15)5-14-2)8(13)4-10-12(7)17-6-16-10/h4,9,14-15H,3,5-6H2,1-2H3. The van der Waals surface area contributed by atoms with Crippen molar-refractivity contribution in [3.8, 4) is 11.5 Å². The van der Waals surface area contributed by atoms with Gasteiger partial charge in [0.15, 0.2) is 11.5 Å². The van der Waals surface area contributed by atoms with Gasteiger partial charge in [0.25, 0.3) is 0 Å². The van der Waals surface area contributed by atoms with Crippen molar-refractivity contribution in [2.75, 3.05) is 20.4 Å². The summed E-state index contributed by atoms with van der Waals surface area (Å²) < 4.78 is 10.7. The van der Waals surface area contributed by atoms with E-state index in [-0.39, 0.29) is 6.79 Å². The quantitative estimate of drug-likeness (QED) is 0.865. The zero-order valence-corrected chi connectivity index (χ0v) is 10.7. The number of hydrogen-bond acceptors (Lipinski definition) is 4. The molecule has 1 aromatic rings. The van der Waals surface area contributed by atoms with Crippen LogP contribution in [0, 0.1) is 0 Å². The number of aliphatic hydroxyl groups excluding tert-OH is 1. The van der Waals surface area contributed by atoms with Crippen molar-refractivity contribution in [2.24, 2.45) is 0 Å². The van der Waals surface area contributed by atoms with E-state index < -0.39 is 6.10 Å². The Bertz CT molecular complexity index is 423. The van der Waals surface area contributed by atoms with Crippen LogP contribution in [0.25, 0.3) is 0 Å². The molecule has 94 valence electrons. The number of fused-ring (bicyclic) bond motifs is 1. The lowest BCUT2D eigenvalue weighted by atomic mass is 9.98. The Morgan fingerprint density at radius 2 is 2.29 bits per heavy atom. The molecule has 5 heteroatoms. The lowest BCUT2D eigenvalue weighted by Crippen LogP contribution is -2.18. The van der Waals surface area contributed by atoms with Crippen molar-refractivity contribution in [1.82, 2.24) is 5.32 Å². The van der Waals surface area contributed by atoms with Crippen molar-refractivity contribution in [2.45, 2.75) is 19.4 Å². The third kappa shape index (κ3) is 2.20. The van der Waals surface area contributed by atoms with E-state index in [0.29, 0.717) is 23.1 Å². The highest BCUT2D eigenvalue weighted by molar-refractivity contribution is 6.31. The maximum absolute atomic E-state index is 10.1. The maximum Gasteiger partial charge on any atom is 0.231 e. The van der Waals surface area contributed by atoms with Gasteiger partial charge in [0.05, 0.1) is 11.1 Å². The van der Waals surface area contributed by atoms with E-state index in [2.05, 4.69) is 5.32 Å². The number of aliphatic hydroxyl groups is 1. The number of rotatable bonds is 4. The van der Waals surface area contributed by atoms with E-state index in [1.807, 2.05) is 6.92 Å². The van der Waals surface area contributed by atoms with Gasteiger partial charge in [0.2, 0.25) is 6.79 Å². The van der Waals surface area contributed by atoms with Gasteiger partial charge in [-0.2, -0.15) is 0 Å². The first kappa shape index (κ1) is 12.5. The summed E-state index contributed by atoms with van der Waals surface area (Å²) in [6, 6.07) is 1.71. The molecule has 1 heterocycles. The van der Waals surface area contributed by atoms with Crippen LogP contribution in [-0.2, 0) is 6.42 Å². The minimum absolute atomic E-state index is 0.213. The van der Waals surface area contributed by atoms with Crippen molar-refractivity contribution in [3.63, 3.8) is 0 Å². The van der Waals surface area contributed by atoms with Crippen LogP contribution in [0.15, 0.2) is 6.07 Å². The Labute approximate surface area is 105 Å². The zero-order valence-electron chi connectivity index (χ0n) is 9.92. The summed E-state index contributed by atoms with van der Waals surface area (Å²) >= 11 is 6.20. The molecule has 17 heavy (non-hydrogen) atoms. The number of ether oxygens (including phenoxy) is 2. The summed E-state index contributed by atoms with van der Waals surface area (Å²) in [4.78, 5) is 0. The van der Waals surface area contributed by atoms with Crippen LogP contribution in [0.3, 0.4) is 0 Å². The minimum Gasteiger partial charge on any atom is -0.454 e. The van der Waals surface area contributed by atoms with Crippen molar-refractivity contribution < 1.29 is 14.6 Å². The molecule has 0 aromatic heterocycles. The molecule has 1 atom stereocenters. The SMILES string of the molecule is CCc1c2c(cc(Cl)c1C(O)CNC)OCO2. The van der Waals surface area contributed by atoms with Crippen molar-refractivity contribution >= 4 is 11.6 Å². The van der Waals surface area contributed by atoms with Crippen LogP contribution in [0.4, 0.5) is 0 Å². The molecule has 0 radical (unpaired) electrons. The molecule has 0 spiro atoms. The summed E-state index contributed by atoms with van der Waals surface area (Å²) in [5.41, 5.74) is 1.65. The number of hydrogen-bond donors (Lipinski definition) is 2. The Hall–Kier alpha value is -0.970. The summed E-state index contributed by atoms with van der Waals surface area (Å²) in [6.07, 6.45) is 0.0967. The van der Waals surface area contributed by atoms with Crippen LogP contribution in [-0.4, -0.2) is 25.5 Å². The third-order valence-corrected chi connectivity index (χ3v) is 3.15. The fourth-order valence-electron chi connectivity index (χ4n) is 2.10. The highest BCUT2D eigenvalue weighted by Crippen LogP contribution is 2.43. The predicted molar refractivity (Wildman–Crippen MR) is 65.8 cm³/mol. The lowest BCUT2D eigenvalue weighted by molar-refractivity contribution is 0.170. The number of nitrogens with one attached hydrogen (secondary N) is 1. The van der Waals surface area contributed by atoms with Gasteiger partial charge in [-0.15, -0.1) is 0 Å². The highest BCUT2D eigenvalue weighted by Gasteiger charge is 2.25. The highest BCUT2D eigenvalue weighted by atomic mass is 35.5. The molecule has 0 fully saturated rings. The fourth-order valence-corrected chi connectivity index (χ4v) is 2.44. The van der Waals surface area contributed by atoms with Crippen LogP contribution < -0.4 is 14.8 Å². The summed E-state index contributed by atoms with van der Waals surface area (Å²) in [5.74, 6) is 1.37. The minimum atomic E-state index is -0.642. The van der Waals surface area contributed by atoms with Crippen molar-refractivity contribution in [3.05, 3.63) is 22.2 Å². The van der Waals surface area contributed by atoms with Gasteiger partial charge >= 0.3 is 0 Å². The van der Waals surface area contributed by atoms with E-state index in [4.69, 9.17) is 21.1 Å². The topological polar surface area (TPSA) is 50.7 Å². The normalized spacial score (nSPS) is 15.1. The Morgan fingerprint density at radius 1 is 1.53 bits per heavy atom. The van der Waals surface area contributed by atoms with E-state index in [1.165, 1.54) is 0 Å². The Balaban J connectivity index is 2.50. The largest absolute Gasteiger partial charge is 0.454 e. The first-order valence-corrected chi connectivity index (χ1v) is 6.00. The Kier molecular flexibility index (Phi) is 3.76. The van der Waals surface area contributed by atoms with Crippen LogP contribution in [0.2, 0.25) is 5.02 Å². The average Bonchev–Trinajstić information content (AvgIpc) is 2.74. The summed E-state index contributed by atoms with van der Waals surface area (Å²) in [7, 11) is 1.79. The second-order valence-electron chi connectivity index (χ2n) is 3.91. The van der Waals surface area contributed by atoms with Gasteiger partial charge in [0.1, 0.15) is 0 Å². The van der Waals surface area contributed by atoms with Crippen LogP contribution in [0.1, 0.15) is 24.2 Å². The molecule has 0 bridgehead atoms. The lowest BCUT2D eigenvalue weighted by Gasteiger charge is -2.18. The smallest absolute Gasteiger partial charge is 0.231 e. The second kappa shape index (κ2) is 5.12. The molecule has 0 aliphatic carbocycles. The molecule has 2 rings (SSSR count). The first-order chi connectivity index (χ1) is 8.19. The molecular weight excluding hydrogens is 242 g/mol. The Morgan fingerprint density at radius 3 is 2.94 bits per heavy atom. The van der Waals surface area contributed by atoms with E-state index in [0.717, 1.165) is 17.5 Å². The van der Waals surface area contributed by atoms with Gasteiger partial charge in [-0.25, -0.2) is 0 Å². The fraction of sp³-hybridized carbons (Fsp3) is 0.500. The molecule has 0 amide bonds.